The molecule has 202 valence electrons. The normalized spacial score (nSPS) is 14.1. The Morgan fingerprint density at radius 3 is 2.54 bits per heavy atom. The first-order chi connectivity index (χ1) is 18.7. The van der Waals surface area contributed by atoms with Crippen LogP contribution < -0.4 is 19.6 Å². The van der Waals surface area contributed by atoms with E-state index < -0.39 is 11.8 Å². The standard InChI is InChI=1S/C27H21BrCl2N2O5S2/c1-3-36-22-11-15(10-20(28)24(22)37-14-17-4-7-18(29)13-21(17)30)12-23-26(34)32(27(38)39-23)31-25(33)16-5-8-19(35-2)9-6-16/h4-13H,3,14H2,1-2H3,(H,31,33)/b23-12-. The topological polar surface area (TPSA) is 77.1 Å². The lowest BCUT2D eigenvalue weighted by Crippen LogP contribution is -2.44. The third-order valence-corrected chi connectivity index (χ3v) is 7.85. The summed E-state index contributed by atoms with van der Waals surface area (Å²) in [6, 6.07) is 15.2. The van der Waals surface area contributed by atoms with Crippen LogP contribution in [0, 0.1) is 0 Å². The van der Waals surface area contributed by atoms with Gasteiger partial charge in [0.1, 0.15) is 12.4 Å². The van der Waals surface area contributed by atoms with Crippen molar-refractivity contribution in [2.24, 2.45) is 0 Å². The molecule has 0 spiro atoms. The van der Waals surface area contributed by atoms with Crippen LogP contribution in [0.3, 0.4) is 0 Å². The zero-order valence-electron chi connectivity index (χ0n) is 20.6. The number of halogens is 3. The second kappa shape index (κ2) is 13.1. The highest BCUT2D eigenvalue weighted by molar-refractivity contribution is 9.10. The summed E-state index contributed by atoms with van der Waals surface area (Å²) in [5, 5.41) is 2.09. The monoisotopic (exact) mass is 666 g/mol. The van der Waals surface area contributed by atoms with E-state index in [9.17, 15) is 9.59 Å². The van der Waals surface area contributed by atoms with E-state index in [1.807, 2.05) is 6.92 Å². The van der Waals surface area contributed by atoms with E-state index in [-0.39, 0.29) is 10.9 Å². The minimum Gasteiger partial charge on any atom is -0.497 e. The number of hydrazine groups is 1. The smallest absolute Gasteiger partial charge is 0.285 e. The van der Waals surface area contributed by atoms with Crippen LogP contribution in [0.1, 0.15) is 28.4 Å². The Bertz CT molecular complexity index is 1470. The molecule has 2 amide bonds. The third-order valence-electron chi connectivity index (χ3n) is 5.38. The van der Waals surface area contributed by atoms with Crippen molar-refractivity contribution in [1.29, 1.82) is 0 Å². The van der Waals surface area contributed by atoms with E-state index in [4.69, 9.17) is 49.6 Å². The van der Waals surface area contributed by atoms with Gasteiger partial charge in [0.2, 0.25) is 0 Å². The Labute approximate surface area is 253 Å². The van der Waals surface area contributed by atoms with Crippen LogP contribution >= 0.6 is 63.1 Å². The number of thioether (sulfide) groups is 1. The fraction of sp³-hybridized carbons (Fsp3) is 0.148. The highest BCUT2D eigenvalue weighted by atomic mass is 79.9. The summed E-state index contributed by atoms with van der Waals surface area (Å²) in [5.41, 5.74) is 4.36. The Kier molecular flexibility index (Phi) is 9.79. The molecule has 3 aromatic carbocycles. The molecule has 1 aliphatic heterocycles. The number of benzene rings is 3. The van der Waals surface area contributed by atoms with E-state index in [2.05, 4.69) is 21.4 Å². The highest BCUT2D eigenvalue weighted by Crippen LogP contribution is 2.40. The number of carbonyl (C=O) groups is 2. The largest absolute Gasteiger partial charge is 0.497 e. The molecule has 39 heavy (non-hydrogen) atoms. The lowest BCUT2D eigenvalue weighted by molar-refractivity contribution is -0.123. The van der Waals surface area contributed by atoms with Gasteiger partial charge in [0.15, 0.2) is 15.8 Å². The molecule has 1 heterocycles. The van der Waals surface area contributed by atoms with Crippen LogP contribution in [0.2, 0.25) is 10.0 Å². The van der Waals surface area contributed by atoms with Gasteiger partial charge < -0.3 is 14.2 Å². The van der Waals surface area contributed by atoms with Gasteiger partial charge in [0.25, 0.3) is 11.8 Å². The minimum atomic E-state index is -0.473. The van der Waals surface area contributed by atoms with Crippen molar-refractivity contribution < 1.29 is 23.8 Å². The molecular weight excluding hydrogens is 647 g/mol. The van der Waals surface area contributed by atoms with Crippen LogP contribution in [-0.2, 0) is 11.4 Å². The van der Waals surface area contributed by atoms with Gasteiger partial charge in [-0.2, -0.15) is 5.01 Å². The van der Waals surface area contributed by atoms with E-state index >= 15 is 0 Å². The van der Waals surface area contributed by atoms with E-state index in [1.165, 1.54) is 7.11 Å². The first-order valence-corrected chi connectivity index (χ1v) is 14.2. The number of ether oxygens (including phenoxy) is 3. The maximum atomic E-state index is 13.1. The Hall–Kier alpha value is -2.76. The second-order valence-electron chi connectivity index (χ2n) is 7.97. The number of hydrogen-bond donors (Lipinski definition) is 1. The Morgan fingerprint density at radius 2 is 1.87 bits per heavy atom. The Balaban J connectivity index is 1.52. The predicted molar refractivity (Wildman–Crippen MR) is 162 cm³/mol. The molecule has 1 N–H and O–H groups in total. The van der Waals surface area contributed by atoms with Crippen molar-refractivity contribution in [3.63, 3.8) is 0 Å². The van der Waals surface area contributed by atoms with E-state index in [1.54, 1.807) is 60.7 Å². The second-order valence-corrected chi connectivity index (χ2v) is 11.3. The first kappa shape index (κ1) is 29.2. The van der Waals surface area contributed by atoms with Gasteiger partial charge in [-0.25, -0.2) is 0 Å². The van der Waals surface area contributed by atoms with Crippen molar-refractivity contribution in [1.82, 2.24) is 10.4 Å². The van der Waals surface area contributed by atoms with Gasteiger partial charge in [-0.1, -0.05) is 41.0 Å². The number of thiocarbonyl (C=S) groups is 1. The number of rotatable bonds is 9. The summed E-state index contributed by atoms with van der Waals surface area (Å²) in [4.78, 5) is 26.1. The number of methoxy groups -OCH3 is 1. The molecule has 0 atom stereocenters. The van der Waals surface area contributed by atoms with Crippen molar-refractivity contribution in [2.75, 3.05) is 13.7 Å². The number of nitrogens with zero attached hydrogens (tertiary/aromatic N) is 1. The quantitative estimate of drug-likeness (QED) is 0.190. The average Bonchev–Trinajstić information content (AvgIpc) is 3.16. The molecule has 1 saturated heterocycles. The van der Waals surface area contributed by atoms with Gasteiger partial charge in [0.05, 0.1) is 23.1 Å². The summed E-state index contributed by atoms with van der Waals surface area (Å²) in [5.74, 6) is 0.659. The SMILES string of the molecule is CCOc1cc(/C=C2\SC(=S)N(NC(=O)c3ccc(OC)cc3)C2=O)cc(Br)c1OCc1ccc(Cl)cc1Cl. The van der Waals surface area contributed by atoms with Gasteiger partial charge in [-0.15, -0.1) is 0 Å². The molecule has 0 aliphatic carbocycles. The van der Waals surface area contributed by atoms with Crippen LogP contribution in [0.4, 0.5) is 0 Å². The molecule has 0 aromatic heterocycles. The summed E-state index contributed by atoms with van der Waals surface area (Å²) in [7, 11) is 1.54. The van der Waals surface area contributed by atoms with Crippen molar-refractivity contribution >= 4 is 85.3 Å². The maximum Gasteiger partial charge on any atom is 0.285 e. The first-order valence-electron chi connectivity index (χ1n) is 11.5. The summed E-state index contributed by atoms with van der Waals surface area (Å²) >= 11 is 22.2. The van der Waals surface area contributed by atoms with Gasteiger partial charge in [-0.3, -0.25) is 15.0 Å². The molecule has 0 saturated carbocycles. The molecule has 1 aliphatic rings. The molecule has 0 bridgehead atoms. The van der Waals surface area contributed by atoms with Crippen molar-refractivity contribution in [3.8, 4) is 17.2 Å². The minimum absolute atomic E-state index is 0.195. The predicted octanol–water partition coefficient (Wildman–Crippen LogP) is 7.29. The highest BCUT2D eigenvalue weighted by Gasteiger charge is 2.34. The molecule has 0 radical (unpaired) electrons. The molecular formula is C27H21BrCl2N2O5S2. The molecule has 0 unspecified atom stereocenters. The molecule has 7 nitrogen and oxygen atoms in total. The zero-order valence-corrected chi connectivity index (χ0v) is 25.4. The lowest BCUT2D eigenvalue weighted by Gasteiger charge is -2.16. The molecule has 3 aromatic rings. The van der Waals surface area contributed by atoms with E-state index in [0.717, 1.165) is 22.3 Å². The Morgan fingerprint density at radius 1 is 1.13 bits per heavy atom. The van der Waals surface area contributed by atoms with Crippen LogP contribution in [0.5, 0.6) is 17.2 Å². The van der Waals surface area contributed by atoms with Crippen LogP contribution in [0.15, 0.2) is 64.0 Å². The maximum absolute atomic E-state index is 13.1. The summed E-state index contributed by atoms with van der Waals surface area (Å²) in [6.07, 6.45) is 1.67. The van der Waals surface area contributed by atoms with Crippen molar-refractivity contribution in [3.05, 3.63) is 90.7 Å². The number of amides is 2. The zero-order chi connectivity index (χ0) is 28.1. The average molecular weight is 668 g/mol. The van der Waals surface area contributed by atoms with Crippen molar-refractivity contribution in [2.45, 2.75) is 13.5 Å². The fourth-order valence-corrected chi connectivity index (χ4v) is 5.70. The van der Waals surface area contributed by atoms with Crippen LogP contribution in [-0.4, -0.2) is 34.9 Å². The fourth-order valence-electron chi connectivity index (χ4n) is 3.49. The van der Waals surface area contributed by atoms with Gasteiger partial charge >= 0.3 is 0 Å². The molecule has 1 fully saturated rings. The summed E-state index contributed by atoms with van der Waals surface area (Å²) < 4.78 is 17.8. The van der Waals surface area contributed by atoms with Gasteiger partial charge in [0, 0.05) is 21.2 Å². The van der Waals surface area contributed by atoms with Crippen LogP contribution in [0.25, 0.3) is 6.08 Å². The number of hydrogen-bond acceptors (Lipinski definition) is 7. The molecule has 12 heteroatoms. The molecule has 4 rings (SSSR count). The third kappa shape index (κ3) is 7.06. The summed E-state index contributed by atoms with van der Waals surface area (Å²) in [6.45, 7) is 2.45. The number of carbonyl (C=O) groups excluding carboxylic acids is 2. The van der Waals surface area contributed by atoms with Gasteiger partial charge in [-0.05, 0) is 95.2 Å². The van der Waals surface area contributed by atoms with E-state index in [0.29, 0.717) is 54.4 Å². The number of nitrogens with one attached hydrogen (secondary N) is 1. The lowest BCUT2D eigenvalue weighted by atomic mass is 10.1.